The molecule has 1 nitrogen and oxygen atoms in total. The first kappa shape index (κ1) is 13.5. The summed E-state index contributed by atoms with van der Waals surface area (Å²) >= 11 is 0. The highest BCUT2D eigenvalue weighted by Gasteiger charge is 2.13. The quantitative estimate of drug-likeness (QED) is 0.687. The van der Waals surface area contributed by atoms with Crippen LogP contribution in [0.25, 0.3) is 0 Å². The Balaban J connectivity index is 1.80. The number of aryl methyl sites for hydroxylation is 1. The Bertz CT molecular complexity index is 339. The van der Waals surface area contributed by atoms with Crippen molar-refractivity contribution >= 4 is 0 Å². The highest BCUT2D eigenvalue weighted by Crippen LogP contribution is 2.25. The van der Waals surface area contributed by atoms with Gasteiger partial charge in [-0.05, 0) is 49.3 Å². The predicted octanol–water partition coefficient (Wildman–Crippen LogP) is 4.99. The summed E-state index contributed by atoms with van der Waals surface area (Å²) in [4.78, 5) is 0. The lowest BCUT2D eigenvalue weighted by Crippen LogP contribution is -2.15. The molecule has 1 saturated carbocycles. The lowest BCUT2D eigenvalue weighted by Gasteiger charge is -2.21. The zero-order chi connectivity index (χ0) is 12.6. The maximum atomic E-state index is 5.97. The molecule has 100 valence electrons. The summed E-state index contributed by atoms with van der Waals surface area (Å²) in [5.74, 6) is 1.85. The van der Waals surface area contributed by atoms with Gasteiger partial charge >= 0.3 is 0 Å². The molecule has 0 unspecified atom stereocenters. The number of hydrogen-bond acceptors (Lipinski definition) is 1. The molecule has 0 aliphatic heterocycles. The molecular formula is C17H26O. The van der Waals surface area contributed by atoms with E-state index in [-0.39, 0.29) is 0 Å². The molecule has 1 aliphatic rings. The van der Waals surface area contributed by atoms with Gasteiger partial charge < -0.3 is 4.74 Å². The minimum atomic E-state index is 0.790. The Morgan fingerprint density at radius 3 is 2.78 bits per heavy atom. The van der Waals surface area contributed by atoms with Crippen molar-refractivity contribution in [3.05, 3.63) is 29.8 Å². The molecule has 1 aromatic carbocycles. The van der Waals surface area contributed by atoms with Crippen molar-refractivity contribution < 1.29 is 4.74 Å². The van der Waals surface area contributed by atoms with E-state index >= 15 is 0 Å². The summed E-state index contributed by atoms with van der Waals surface area (Å²) in [6.07, 6.45) is 10.6. The fourth-order valence-electron chi connectivity index (χ4n) is 2.74. The molecule has 1 heteroatoms. The Hall–Kier alpha value is -0.980. The van der Waals surface area contributed by atoms with Crippen LogP contribution in [0.3, 0.4) is 0 Å². The van der Waals surface area contributed by atoms with Crippen LogP contribution in [0.15, 0.2) is 24.3 Å². The molecule has 0 heterocycles. The van der Waals surface area contributed by atoms with Gasteiger partial charge in [-0.1, -0.05) is 44.7 Å². The molecule has 0 amide bonds. The van der Waals surface area contributed by atoms with Gasteiger partial charge in [0.15, 0.2) is 0 Å². The maximum absolute atomic E-state index is 5.97. The molecule has 1 aliphatic carbocycles. The van der Waals surface area contributed by atoms with Gasteiger partial charge in [0.25, 0.3) is 0 Å². The van der Waals surface area contributed by atoms with Gasteiger partial charge in [0.1, 0.15) is 5.75 Å². The minimum absolute atomic E-state index is 0.790. The average molecular weight is 246 g/mol. The van der Waals surface area contributed by atoms with Gasteiger partial charge in [0, 0.05) is 0 Å². The second kappa shape index (κ2) is 7.45. The van der Waals surface area contributed by atoms with Crippen LogP contribution in [-0.4, -0.2) is 6.61 Å². The Morgan fingerprint density at radius 2 is 2.00 bits per heavy atom. The molecule has 1 aromatic rings. The van der Waals surface area contributed by atoms with E-state index in [4.69, 9.17) is 4.74 Å². The predicted molar refractivity (Wildman–Crippen MR) is 77.1 cm³/mol. The van der Waals surface area contributed by atoms with Gasteiger partial charge in [-0.3, -0.25) is 0 Å². The summed E-state index contributed by atoms with van der Waals surface area (Å²) in [5, 5.41) is 0. The lowest BCUT2D eigenvalue weighted by atomic mass is 9.90. The second-order valence-electron chi connectivity index (χ2n) is 5.57. The summed E-state index contributed by atoms with van der Waals surface area (Å²) in [6.45, 7) is 3.15. The van der Waals surface area contributed by atoms with Crippen molar-refractivity contribution in [2.75, 3.05) is 6.61 Å². The number of benzene rings is 1. The van der Waals surface area contributed by atoms with Crippen LogP contribution in [-0.2, 0) is 6.42 Å². The zero-order valence-electron chi connectivity index (χ0n) is 11.7. The van der Waals surface area contributed by atoms with E-state index in [9.17, 15) is 0 Å². The number of hydrogen-bond donors (Lipinski definition) is 0. The van der Waals surface area contributed by atoms with Crippen LogP contribution in [0.5, 0.6) is 5.75 Å². The van der Waals surface area contributed by atoms with E-state index in [2.05, 4.69) is 31.2 Å². The fourth-order valence-corrected chi connectivity index (χ4v) is 2.74. The molecule has 0 aromatic heterocycles. The normalized spacial score (nSPS) is 16.7. The smallest absolute Gasteiger partial charge is 0.119 e. The molecule has 0 bridgehead atoms. The second-order valence-corrected chi connectivity index (χ2v) is 5.57. The molecule has 0 N–H and O–H groups in total. The van der Waals surface area contributed by atoms with Crippen LogP contribution in [0, 0.1) is 5.92 Å². The fraction of sp³-hybridized carbons (Fsp3) is 0.647. The van der Waals surface area contributed by atoms with Crippen LogP contribution in [0.2, 0.25) is 0 Å². The first-order valence-corrected chi connectivity index (χ1v) is 7.60. The van der Waals surface area contributed by atoms with E-state index in [1.807, 2.05) is 0 Å². The first-order chi connectivity index (χ1) is 8.88. The number of rotatable bonds is 6. The molecule has 18 heavy (non-hydrogen) atoms. The van der Waals surface area contributed by atoms with Crippen molar-refractivity contribution in [3.63, 3.8) is 0 Å². The maximum Gasteiger partial charge on any atom is 0.119 e. The van der Waals surface area contributed by atoms with Crippen LogP contribution < -0.4 is 4.74 Å². The first-order valence-electron chi connectivity index (χ1n) is 7.60. The Kier molecular flexibility index (Phi) is 5.57. The van der Waals surface area contributed by atoms with Crippen molar-refractivity contribution in [2.45, 2.75) is 58.3 Å². The highest BCUT2D eigenvalue weighted by molar-refractivity contribution is 5.28. The van der Waals surface area contributed by atoms with E-state index in [0.29, 0.717) is 0 Å². The van der Waals surface area contributed by atoms with Gasteiger partial charge in [-0.2, -0.15) is 0 Å². The molecule has 0 spiro atoms. The third kappa shape index (κ3) is 4.36. The summed E-state index contributed by atoms with van der Waals surface area (Å²) in [5.41, 5.74) is 1.41. The molecule has 0 saturated heterocycles. The highest BCUT2D eigenvalue weighted by atomic mass is 16.5. The van der Waals surface area contributed by atoms with Crippen molar-refractivity contribution in [2.24, 2.45) is 5.92 Å². The zero-order valence-corrected chi connectivity index (χ0v) is 11.7. The van der Waals surface area contributed by atoms with Crippen molar-refractivity contribution in [3.8, 4) is 5.75 Å². The van der Waals surface area contributed by atoms with Gasteiger partial charge in [-0.25, -0.2) is 0 Å². The van der Waals surface area contributed by atoms with E-state index < -0.39 is 0 Å². The van der Waals surface area contributed by atoms with E-state index in [0.717, 1.165) is 18.3 Å². The van der Waals surface area contributed by atoms with Crippen molar-refractivity contribution in [1.82, 2.24) is 0 Å². The molecule has 0 radical (unpaired) electrons. The van der Waals surface area contributed by atoms with Crippen LogP contribution in [0.4, 0.5) is 0 Å². The average Bonchev–Trinajstić information content (AvgIpc) is 2.44. The van der Waals surface area contributed by atoms with Gasteiger partial charge in [-0.15, -0.1) is 0 Å². The lowest BCUT2D eigenvalue weighted by molar-refractivity contribution is 0.208. The number of ether oxygens (including phenoxy) is 1. The Labute approximate surface area is 112 Å². The summed E-state index contributed by atoms with van der Waals surface area (Å²) in [7, 11) is 0. The van der Waals surface area contributed by atoms with E-state index in [1.54, 1.807) is 0 Å². The van der Waals surface area contributed by atoms with Gasteiger partial charge in [0.05, 0.1) is 6.61 Å². The third-order valence-corrected chi connectivity index (χ3v) is 3.93. The molecule has 1 fully saturated rings. The van der Waals surface area contributed by atoms with Crippen LogP contribution >= 0.6 is 0 Å². The van der Waals surface area contributed by atoms with Crippen molar-refractivity contribution in [1.29, 1.82) is 0 Å². The minimum Gasteiger partial charge on any atom is -0.493 e. The molecular weight excluding hydrogens is 220 g/mol. The van der Waals surface area contributed by atoms with Gasteiger partial charge in [0.2, 0.25) is 0 Å². The standard InChI is InChI=1S/C17H26O/c1-2-3-8-15-11-7-12-17(13-15)18-14-16-9-5-4-6-10-16/h7,11-13,16H,2-6,8-10,14H2,1H3. The van der Waals surface area contributed by atoms with E-state index in [1.165, 1.54) is 56.9 Å². The number of unbranched alkanes of at least 4 members (excludes halogenated alkanes) is 1. The molecule has 2 rings (SSSR count). The molecule has 0 atom stereocenters. The third-order valence-electron chi connectivity index (χ3n) is 3.93. The summed E-state index contributed by atoms with van der Waals surface area (Å²) < 4.78 is 5.97. The topological polar surface area (TPSA) is 9.23 Å². The SMILES string of the molecule is CCCCc1cccc(OCC2CCCCC2)c1. The summed E-state index contributed by atoms with van der Waals surface area (Å²) in [6, 6.07) is 8.65. The van der Waals surface area contributed by atoms with Crippen LogP contribution in [0.1, 0.15) is 57.4 Å². The largest absolute Gasteiger partial charge is 0.493 e. The Morgan fingerprint density at radius 1 is 1.17 bits per heavy atom. The monoisotopic (exact) mass is 246 g/mol.